The van der Waals surface area contributed by atoms with E-state index in [0.717, 1.165) is 6.42 Å². The van der Waals surface area contributed by atoms with Gasteiger partial charge in [-0.2, -0.15) is 0 Å². The summed E-state index contributed by atoms with van der Waals surface area (Å²) in [4.78, 5) is 10.5. The van der Waals surface area contributed by atoms with Crippen molar-refractivity contribution in [1.82, 2.24) is 5.32 Å². The third kappa shape index (κ3) is 5.98. The standard InChI is InChI=1S/C13H17NO2/c1-12(15)14-9-5-6-10-16-11-13-7-3-2-4-8-13/h2-5,7-9H,6,10-11H2,1H3,(H,14,15)/b9-5-. The molecule has 0 unspecified atom stereocenters. The molecule has 1 aromatic rings. The molecule has 0 aliphatic heterocycles. The zero-order valence-corrected chi connectivity index (χ0v) is 9.48. The maximum atomic E-state index is 10.5. The van der Waals surface area contributed by atoms with Gasteiger partial charge in [0.05, 0.1) is 13.2 Å². The molecule has 3 nitrogen and oxygen atoms in total. The second-order valence-corrected chi connectivity index (χ2v) is 3.43. The van der Waals surface area contributed by atoms with Crippen LogP contribution in [0.5, 0.6) is 0 Å². The average Bonchev–Trinajstić information content (AvgIpc) is 2.29. The van der Waals surface area contributed by atoms with Gasteiger partial charge in [0.25, 0.3) is 0 Å². The molecule has 86 valence electrons. The molecule has 0 aliphatic carbocycles. The minimum atomic E-state index is -0.0542. The van der Waals surface area contributed by atoms with E-state index in [1.165, 1.54) is 12.5 Å². The first-order valence-electron chi connectivity index (χ1n) is 5.33. The zero-order chi connectivity index (χ0) is 11.6. The van der Waals surface area contributed by atoms with Crippen molar-refractivity contribution in [3.63, 3.8) is 0 Å². The normalized spacial score (nSPS) is 10.6. The minimum Gasteiger partial charge on any atom is -0.376 e. The molecule has 0 saturated carbocycles. The molecule has 16 heavy (non-hydrogen) atoms. The summed E-state index contributed by atoms with van der Waals surface area (Å²) in [5, 5.41) is 2.58. The lowest BCUT2D eigenvalue weighted by Gasteiger charge is -2.01. The lowest BCUT2D eigenvalue weighted by molar-refractivity contribution is -0.118. The molecular formula is C13H17NO2. The van der Waals surface area contributed by atoms with Crippen LogP contribution in [0.15, 0.2) is 42.6 Å². The highest BCUT2D eigenvalue weighted by Gasteiger charge is 1.90. The molecule has 1 amide bonds. The van der Waals surface area contributed by atoms with E-state index in [-0.39, 0.29) is 5.91 Å². The number of hydrogen-bond acceptors (Lipinski definition) is 2. The summed E-state index contributed by atoms with van der Waals surface area (Å²) in [5.41, 5.74) is 1.17. The number of nitrogens with one attached hydrogen (secondary N) is 1. The Bertz CT molecular complexity index is 333. The van der Waals surface area contributed by atoms with Gasteiger partial charge in [0.15, 0.2) is 0 Å². The van der Waals surface area contributed by atoms with E-state index in [9.17, 15) is 4.79 Å². The van der Waals surface area contributed by atoms with Crippen LogP contribution in [-0.4, -0.2) is 12.5 Å². The molecule has 1 rings (SSSR count). The number of carbonyl (C=O) groups excluding carboxylic acids is 1. The number of hydrogen-bond donors (Lipinski definition) is 1. The van der Waals surface area contributed by atoms with Gasteiger partial charge in [0.2, 0.25) is 5.91 Å². The molecule has 3 heteroatoms. The van der Waals surface area contributed by atoms with E-state index in [1.807, 2.05) is 36.4 Å². The van der Waals surface area contributed by atoms with Crippen LogP contribution in [0.3, 0.4) is 0 Å². The number of ether oxygens (including phenoxy) is 1. The average molecular weight is 219 g/mol. The van der Waals surface area contributed by atoms with Crippen molar-refractivity contribution < 1.29 is 9.53 Å². The Morgan fingerprint density at radius 2 is 2.12 bits per heavy atom. The second-order valence-electron chi connectivity index (χ2n) is 3.43. The second kappa shape index (κ2) is 7.65. The molecule has 0 aliphatic rings. The van der Waals surface area contributed by atoms with Crippen molar-refractivity contribution in [2.24, 2.45) is 0 Å². The van der Waals surface area contributed by atoms with Gasteiger partial charge in [0, 0.05) is 6.92 Å². The third-order valence-electron chi connectivity index (χ3n) is 1.94. The topological polar surface area (TPSA) is 38.3 Å². The summed E-state index contributed by atoms with van der Waals surface area (Å²) in [6, 6.07) is 10.0. The number of amides is 1. The highest BCUT2D eigenvalue weighted by molar-refractivity contribution is 5.73. The van der Waals surface area contributed by atoms with Gasteiger partial charge in [-0.1, -0.05) is 36.4 Å². The monoisotopic (exact) mass is 219 g/mol. The summed E-state index contributed by atoms with van der Waals surface area (Å²) in [7, 11) is 0. The number of rotatable bonds is 6. The first-order valence-corrected chi connectivity index (χ1v) is 5.33. The van der Waals surface area contributed by atoms with Crippen LogP contribution in [0, 0.1) is 0 Å². The molecule has 0 saturated heterocycles. The van der Waals surface area contributed by atoms with Crippen molar-refractivity contribution >= 4 is 5.91 Å². The minimum absolute atomic E-state index is 0.0542. The summed E-state index contributed by atoms with van der Waals surface area (Å²) in [6.45, 7) is 2.77. The Morgan fingerprint density at radius 3 is 2.81 bits per heavy atom. The molecule has 0 aromatic heterocycles. The fourth-order valence-electron chi connectivity index (χ4n) is 1.18. The predicted molar refractivity (Wildman–Crippen MR) is 63.7 cm³/mol. The lowest BCUT2D eigenvalue weighted by atomic mass is 10.2. The van der Waals surface area contributed by atoms with E-state index in [2.05, 4.69) is 5.32 Å². The molecule has 0 fully saturated rings. The fraction of sp³-hybridized carbons (Fsp3) is 0.308. The van der Waals surface area contributed by atoms with Crippen LogP contribution in [0.25, 0.3) is 0 Å². The Labute approximate surface area is 96.1 Å². The first-order chi connectivity index (χ1) is 7.79. The summed E-state index contributed by atoms with van der Waals surface area (Å²) in [5.74, 6) is -0.0542. The summed E-state index contributed by atoms with van der Waals surface area (Å²) >= 11 is 0. The van der Waals surface area contributed by atoms with Crippen molar-refractivity contribution in [2.45, 2.75) is 20.0 Å². The molecule has 0 atom stereocenters. The van der Waals surface area contributed by atoms with Crippen molar-refractivity contribution in [3.05, 3.63) is 48.2 Å². The maximum Gasteiger partial charge on any atom is 0.220 e. The summed E-state index contributed by atoms with van der Waals surface area (Å²) in [6.07, 6.45) is 4.33. The number of benzene rings is 1. The molecule has 0 radical (unpaired) electrons. The molecule has 0 bridgehead atoms. The van der Waals surface area contributed by atoms with Crippen LogP contribution in [0.4, 0.5) is 0 Å². The SMILES string of the molecule is CC(=O)N/C=C\CCOCc1ccccc1. The smallest absolute Gasteiger partial charge is 0.220 e. The number of carbonyl (C=O) groups is 1. The third-order valence-corrected chi connectivity index (χ3v) is 1.94. The van der Waals surface area contributed by atoms with Crippen LogP contribution in [0.2, 0.25) is 0 Å². The van der Waals surface area contributed by atoms with Crippen LogP contribution >= 0.6 is 0 Å². The maximum absolute atomic E-state index is 10.5. The van der Waals surface area contributed by atoms with Crippen LogP contribution in [-0.2, 0) is 16.1 Å². The molecule has 0 spiro atoms. The predicted octanol–water partition coefficient (Wildman–Crippen LogP) is 2.24. The molecule has 1 aromatic carbocycles. The summed E-state index contributed by atoms with van der Waals surface area (Å²) < 4.78 is 5.46. The quantitative estimate of drug-likeness (QED) is 0.745. The van der Waals surface area contributed by atoms with E-state index >= 15 is 0 Å². The lowest BCUT2D eigenvalue weighted by Crippen LogP contribution is -2.11. The molecule has 1 N–H and O–H groups in total. The Balaban J connectivity index is 2.04. The van der Waals surface area contributed by atoms with Crippen molar-refractivity contribution in [1.29, 1.82) is 0 Å². The van der Waals surface area contributed by atoms with Crippen molar-refractivity contribution in [3.8, 4) is 0 Å². The Kier molecular flexibility index (Phi) is 5.96. The van der Waals surface area contributed by atoms with Gasteiger partial charge in [-0.05, 0) is 18.2 Å². The van der Waals surface area contributed by atoms with Gasteiger partial charge in [-0.25, -0.2) is 0 Å². The molecular weight excluding hydrogens is 202 g/mol. The highest BCUT2D eigenvalue weighted by Crippen LogP contribution is 2.00. The van der Waals surface area contributed by atoms with E-state index in [1.54, 1.807) is 6.20 Å². The van der Waals surface area contributed by atoms with Gasteiger partial charge in [0.1, 0.15) is 0 Å². The first kappa shape index (κ1) is 12.5. The van der Waals surface area contributed by atoms with Crippen LogP contribution < -0.4 is 5.32 Å². The largest absolute Gasteiger partial charge is 0.376 e. The van der Waals surface area contributed by atoms with Crippen LogP contribution in [0.1, 0.15) is 18.9 Å². The highest BCUT2D eigenvalue weighted by atomic mass is 16.5. The van der Waals surface area contributed by atoms with Gasteiger partial charge < -0.3 is 10.1 Å². The van der Waals surface area contributed by atoms with E-state index in [0.29, 0.717) is 13.2 Å². The van der Waals surface area contributed by atoms with Gasteiger partial charge in [-0.3, -0.25) is 4.79 Å². The Hall–Kier alpha value is -1.61. The van der Waals surface area contributed by atoms with Gasteiger partial charge in [-0.15, -0.1) is 0 Å². The zero-order valence-electron chi connectivity index (χ0n) is 9.48. The fourth-order valence-corrected chi connectivity index (χ4v) is 1.18. The van der Waals surface area contributed by atoms with Crippen molar-refractivity contribution in [2.75, 3.05) is 6.61 Å². The van der Waals surface area contributed by atoms with E-state index < -0.39 is 0 Å². The molecule has 0 heterocycles. The van der Waals surface area contributed by atoms with E-state index in [4.69, 9.17) is 4.74 Å². The Morgan fingerprint density at radius 1 is 1.38 bits per heavy atom. The van der Waals surface area contributed by atoms with Gasteiger partial charge >= 0.3 is 0 Å².